The maximum atomic E-state index is 13.4. The summed E-state index contributed by atoms with van der Waals surface area (Å²) in [5, 5.41) is 0. The first kappa shape index (κ1) is 23.9. The van der Waals surface area contributed by atoms with Gasteiger partial charge < -0.3 is 19.1 Å². The van der Waals surface area contributed by atoms with Gasteiger partial charge in [-0.2, -0.15) is 0 Å². The fourth-order valence-corrected chi connectivity index (χ4v) is 3.92. The lowest BCUT2D eigenvalue weighted by molar-refractivity contribution is -0.144. The van der Waals surface area contributed by atoms with Gasteiger partial charge in [0.2, 0.25) is 11.8 Å². The van der Waals surface area contributed by atoms with Crippen LogP contribution in [0.2, 0.25) is 0 Å². The van der Waals surface area contributed by atoms with Gasteiger partial charge in [0.1, 0.15) is 12.3 Å². The number of benzene rings is 1. The molecular formula is C26H37N3O3. The number of hydrogen-bond donors (Lipinski definition) is 0. The molecule has 6 nitrogen and oxygen atoms in total. The average molecular weight is 440 g/mol. The Bertz CT molecular complexity index is 917. The van der Waals surface area contributed by atoms with Crippen molar-refractivity contribution in [3.8, 4) is 5.75 Å². The zero-order valence-electron chi connectivity index (χ0n) is 20.1. The molecule has 1 aromatic heterocycles. The molecule has 2 amide bonds. The Morgan fingerprint density at radius 1 is 1.12 bits per heavy atom. The number of amides is 2. The van der Waals surface area contributed by atoms with Gasteiger partial charge in [-0.15, -0.1) is 0 Å². The van der Waals surface area contributed by atoms with E-state index in [1.54, 1.807) is 12.0 Å². The Balaban J connectivity index is 1.75. The van der Waals surface area contributed by atoms with Crippen molar-refractivity contribution in [1.82, 2.24) is 14.4 Å². The summed E-state index contributed by atoms with van der Waals surface area (Å²) in [5.74, 6) is 1.08. The van der Waals surface area contributed by atoms with E-state index in [-0.39, 0.29) is 36.4 Å². The molecule has 0 spiro atoms. The third-order valence-corrected chi connectivity index (χ3v) is 6.32. The van der Waals surface area contributed by atoms with Crippen molar-refractivity contribution in [2.75, 3.05) is 13.7 Å². The van der Waals surface area contributed by atoms with Gasteiger partial charge in [0.15, 0.2) is 0 Å². The van der Waals surface area contributed by atoms with Gasteiger partial charge in [0, 0.05) is 36.4 Å². The second-order valence-electron chi connectivity index (χ2n) is 9.09. The lowest BCUT2D eigenvalue weighted by atomic mass is 10.1. The standard InChI is InChI=1S/C26H37N3O3/c1-6-20(4)29(25(30)18-28(19(2)3)26(31)22-12-13-22)17-23-10-8-14-27(23)16-21-9-7-11-24(15-21)32-5/h7-11,14-15,19-20,22H,6,12-13,16-18H2,1-5H3. The van der Waals surface area contributed by atoms with Gasteiger partial charge in [0.05, 0.1) is 13.7 Å². The molecule has 0 radical (unpaired) electrons. The lowest BCUT2D eigenvalue weighted by Gasteiger charge is -2.33. The van der Waals surface area contributed by atoms with Gasteiger partial charge in [-0.1, -0.05) is 19.1 Å². The normalized spacial score (nSPS) is 14.3. The second kappa shape index (κ2) is 10.7. The number of hydrogen-bond acceptors (Lipinski definition) is 3. The molecule has 1 unspecified atom stereocenters. The van der Waals surface area contributed by atoms with Gasteiger partial charge in [0.25, 0.3) is 0 Å². The minimum absolute atomic E-state index is 0.0104. The summed E-state index contributed by atoms with van der Waals surface area (Å²) in [6.07, 6.45) is 4.80. The van der Waals surface area contributed by atoms with E-state index in [9.17, 15) is 9.59 Å². The predicted octanol–water partition coefficient (Wildman–Crippen LogP) is 4.32. The van der Waals surface area contributed by atoms with Crippen LogP contribution in [-0.2, 0) is 22.7 Å². The average Bonchev–Trinajstić information content (AvgIpc) is 3.55. The highest BCUT2D eigenvalue weighted by Crippen LogP contribution is 2.31. The molecule has 1 fully saturated rings. The molecule has 1 atom stereocenters. The molecule has 2 aromatic rings. The fourth-order valence-electron chi connectivity index (χ4n) is 3.92. The van der Waals surface area contributed by atoms with Crippen LogP contribution in [0.4, 0.5) is 0 Å². The molecule has 1 aliphatic carbocycles. The first-order chi connectivity index (χ1) is 15.3. The highest BCUT2D eigenvalue weighted by atomic mass is 16.5. The van der Waals surface area contributed by atoms with Crippen molar-refractivity contribution in [3.05, 3.63) is 53.9 Å². The molecule has 0 N–H and O–H groups in total. The third-order valence-electron chi connectivity index (χ3n) is 6.32. The van der Waals surface area contributed by atoms with E-state index in [4.69, 9.17) is 4.74 Å². The van der Waals surface area contributed by atoms with Crippen LogP contribution >= 0.6 is 0 Å². The SMILES string of the molecule is CCC(C)N(Cc1cccn1Cc1cccc(OC)c1)C(=O)CN(C(=O)C1CC1)C(C)C. The van der Waals surface area contributed by atoms with Crippen LogP contribution in [0.5, 0.6) is 5.75 Å². The van der Waals surface area contributed by atoms with E-state index in [1.165, 1.54) is 0 Å². The molecule has 174 valence electrons. The fraction of sp³-hybridized carbons (Fsp3) is 0.538. The van der Waals surface area contributed by atoms with Gasteiger partial charge in [-0.25, -0.2) is 0 Å². The smallest absolute Gasteiger partial charge is 0.242 e. The first-order valence-electron chi connectivity index (χ1n) is 11.7. The zero-order valence-corrected chi connectivity index (χ0v) is 20.1. The maximum Gasteiger partial charge on any atom is 0.242 e. The molecule has 1 saturated carbocycles. The molecule has 1 heterocycles. The van der Waals surface area contributed by atoms with Crippen molar-refractivity contribution >= 4 is 11.8 Å². The molecule has 6 heteroatoms. The molecule has 1 aromatic carbocycles. The van der Waals surface area contributed by atoms with Crippen molar-refractivity contribution < 1.29 is 14.3 Å². The molecule has 0 aliphatic heterocycles. The molecule has 3 rings (SSSR count). The Morgan fingerprint density at radius 2 is 1.88 bits per heavy atom. The second-order valence-corrected chi connectivity index (χ2v) is 9.09. The minimum atomic E-state index is 0.0104. The van der Waals surface area contributed by atoms with Crippen LogP contribution < -0.4 is 4.74 Å². The summed E-state index contributed by atoms with van der Waals surface area (Å²) in [6, 6.07) is 12.2. The quantitative estimate of drug-likeness (QED) is 0.524. The number of carbonyl (C=O) groups excluding carboxylic acids is 2. The Morgan fingerprint density at radius 3 is 2.50 bits per heavy atom. The third kappa shape index (κ3) is 5.93. The Labute approximate surface area is 192 Å². The van der Waals surface area contributed by atoms with Crippen LogP contribution in [0.25, 0.3) is 0 Å². The molecular weight excluding hydrogens is 402 g/mol. The van der Waals surface area contributed by atoms with E-state index in [0.29, 0.717) is 13.1 Å². The number of methoxy groups -OCH3 is 1. The molecule has 1 aliphatic rings. The van der Waals surface area contributed by atoms with E-state index in [0.717, 1.165) is 36.3 Å². The monoisotopic (exact) mass is 439 g/mol. The molecule has 0 bridgehead atoms. The summed E-state index contributed by atoms with van der Waals surface area (Å²) in [6.45, 7) is 9.52. The first-order valence-corrected chi connectivity index (χ1v) is 11.7. The van der Waals surface area contributed by atoms with Crippen molar-refractivity contribution in [3.63, 3.8) is 0 Å². The summed E-state index contributed by atoms with van der Waals surface area (Å²) in [5.41, 5.74) is 2.22. The highest BCUT2D eigenvalue weighted by molar-refractivity contribution is 5.87. The zero-order chi connectivity index (χ0) is 23.3. The van der Waals surface area contributed by atoms with Crippen LogP contribution in [0.1, 0.15) is 58.2 Å². The predicted molar refractivity (Wildman–Crippen MR) is 126 cm³/mol. The summed E-state index contributed by atoms with van der Waals surface area (Å²) in [7, 11) is 1.67. The van der Waals surface area contributed by atoms with Crippen molar-refractivity contribution in [2.45, 2.75) is 72.1 Å². The van der Waals surface area contributed by atoms with Crippen LogP contribution in [0.3, 0.4) is 0 Å². The maximum absolute atomic E-state index is 13.4. The van der Waals surface area contributed by atoms with E-state index >= 15 is 0 Å². The van der Waals surface area contributed by atoms with Gasteiger partial charge in [-0.3, -0.25) is 9.59 Å². The number of carbonyl (C=O) groups is 2. The van der Waals surface area contributed by atoms with Crippen LogP contribution in [0, 0.1) is 5.92 Å². The number of nitrogens with zero attached hydrogens (tertiary/aromatic N) is 3. The van der Waals surface area contributed by atoms with Crippen LogP contribution in [-0.4, -0.2) is 51.9 Å². The van der Waals surface area contributed by atoms with Crippen molar-refractivity contribution in [2.24, 2.45) is 5.92 Å². The summed E-state index contributed by atoms with van der Waals surface area (Å²) in [4.78, 5) is 29.8. The van der Waals surface area contributed by atoms with Gasteiger partial charge >= 0.3 is 0 Å². The number of aromatic nitrogens is 1. The van der Waals surface area contributed by atoms with E-state index in [2.05, 4.69) is 30.5 Å². The minimum Gasteiger partial charge on any atom is -0.497 e. The molecule has 32 heavy (non-hydrogen) atoms. The topological polar surface area (TPSA) is 54.8 Å². The summed E-state index contributed by atoms with van der Waals surface area (Å²) < 4.78 is 7.52. The number of rotatable bonds is 11. The molecule has 0 saturated heterocycles. The van der Waals surface area contributed by atoms with Crippen LogP contribution in [0.15, 0.2) is 42.6 Å². The largest absolute Gasteiger partial charge is 0.497 e. The van der Waals surface area contributed by atoms with E-state index < -0.39 is 0 Å². The Kier molecular flexibility index (Phi) is 7.99. The number of ether oxygens (including phenoxy) is 1. The Hall–Kier alpha value is -2.76. The summed E-state index contributed by atoms with van der Waals surface area (Å²) >= 11 is 0. The van der Waals surface area contributed by atoms with Crippen molar-refractivity contribution in [1.29, 1.82) is 0 Å². The van der Waals surface area contributed by atoms with Gasteiger partial charge in [-0.05, 0) is 69.9 Å². The van der Waals surface area contributed by atoms with E-state index in [1.807, 2.05) is 49.2 Å². The highest BCUT2D eigenvalue weighted by Gasteiger charge is 2.36. The lowest BCUT2D eigenvalue weighted by Crippen LogP contribution is -2.48.